The van der Waals surface area contributed by atoms with E-state index in [0.717, 1.165) is 17.7 Å². The van der Waals surface area contributed by atoms with Gasteiger partial charge < -0.3 is 4.74 Å². The van der Waals surface area contributed by atoms with Crippen LogP contribution in [0.4, 0.5) is 0 Å². The van der Waals surface area contributed by atoms with Gasteiger partial charge in [-0.2, -0.15) is 0 Å². The quantitative estimate of drug-likeness (QED) is 0.739. The van der Waals surface area contributed by atoms with E-state index in [2.05, 4.69) is 0 Å². The van der Waals surface area contributed by atoms with Gasteiger partial charge in [0.2, 0.25) is 0 Å². The van der Waals surface area contributed by atoms with Gasteiger partial charge in [0.25, 0.3) is 0 Å². The Kier molecular flexibility index (Phi) is 4.35. The number of carbonyl (C=O) groups is 1. The number of hydrogen-bond acceptors (Lipinski definition) is 2. The zero-order valence-corrected chi connectivity index (χ0v) is 9.62. The average Bonchev–Trinajstić information content (AvgIpc) is 2.30. The van der Waals surface area contributed by atoms with E-state index >= 15 is 0 Å². The fourth-order valence-electron chi connectivity index (χ4n) is 1.82. The van der Waals surface area contributed by atoms with Crippen LogP contribution in [0, 0.1) is 0 Å². The van der Waals surface area contributed by atoms with Crippen LogP contribution in [0.2, 0.25) is 0 Å². The van der Waals surface area contributed by atoms with E-state index in [1.54, 1.807) is 7.11 Å². The van der Waals surface area contributed by atoms with Crippen LogP contribution in [0.5, 0.6) is 5.75 Å². The van der Waals surface area contributed by atoms with Gasteiger partial charge >= 0.3 is 0 Å². The molecule has 0 aliphatic heterocycles. The second-order valence-electron chi connectivity index (χ2n) is 3.52. The maximum absolute atomic E-state index is 11.8. The lowest BCUT2D eigenvalue weighted by atomic mass is 9.90. The van der Waals surface area contributed by atoms with Gasteiger partial charge in [-0.05, 0) is 12.5 Å². The lowest BCUT2D eigenvalue weighted by molar-refractivity contribution is -0.120. The topological polar surface area (TPSA) is 26.3 Å². The summed E-state index contributed by atoms with van der Waals surface area (Å²) in [7, 11) is 1.64. The summed E-state index contributed by atoms with van der Waals surface area (Å²) in [6.45, 7) is 3.94. The largest absolute Gasteiger partial charge is 0.496 e. The van der Waals surface area contributed by atoms with Crippen molar-refractivity contribution in [3.63, 3.8) is 0 Å². The minimum absolute atomic E-state index is 0.0221. The number of para-hydroxylation sites is 1. The van der Waals surface area contributed by atoms with Crippen LogP contribution in [0.3, 0.4) is 0 Å². The summed E-state index contributed by atoms with van der Waals surface area (Å²) in [4.78, 5) is 11.8. The molecule has 0 aliphatic rings. The van der Waals surface area contributed by atoms with Crippen molar-refractivity contribution in [1.29, 1.82) is 0 Å². The van der Waals surface area contributed by atoms with E-state index in [4.69, 9.17) is 4.74 Å². The summed E-state index contributed by atoms with van der Waals surface area (Å²) >= 11 is 0. The second-order valence-corrected chi connectivity index (χ2v) is 3.52. The van der Waals surface area contributed by atoms with Crippen molar-refractivity contribution in [3.8, 4) is 5.75 Å². The molecule has 0 radical (unpaired) electrons. The summed E-state index contributed by atoms with van der Waals surface area (Å²) in [5.74, 6) is 1.07. The third-order valence-electron chi connectivity index (χ3n) is 2.66. The van der Waals surface area contributed by atoms with Crippen LogP contribution in [0.1, 0.15) is 38.2 Å². The molecule has 0 N–H and O–H groups in total. The SMILES string of the molecule is CCC(=O)C(CC)c1ccccc1OC. The van der Waals surface area contributed by atoms with Crippen LogP contribution in [0.25, 0.3) is 0 Å². The molecule has 15 heavy (non-hydrogen) atoms. The van der Waals surface area contributed by atoms with Crippen molar-refractivity contribution >= 4 is 5.78 Å². The van der Waals surface area contributed by atoms with Gasteiger partial charge in [-0.1, -0.05) is 32.0 Å². The molecule has 0 bridgehead atoms. The standard InChI is InChI=1S/C13H18O2/c1-4-10(12(14)5-2)11-8-6-7-9-13(11)15-3/h6-10H,4-5H2,1-3H3. The molecular weight excluding hydrogens is 188 g/mol. The molecule has 1 unspecified atom stereocenters. The highest BCUT2D eigenvalue weighted by Crippen LogP contribution is 2.29. The average molecular weight is 206 g/mol. The highest BCUT2D eigenvalue weighted by Gasteiger charge is 2.19. The van der Waals surface area contributed by atoms with E-state index < -0.39 is 0 Å². The van der Waals surface area contributed by atoms with Gasteiger partial charge in [-0.3, -0.25) is 4.79 Å². The van der Waals surface area contributed by atoms with Gasteiger partial charge in [0, 0.05) is 17.9 Å². The summed E-state index contributed by atoms with van der Waals surface area (Å²) in [6.07, 6.45) is 1.41. The van der Waals surface area contributed by atoms with Gasteiger partial charge in [-0.25, -0.2) is 0 Å². The monoisotopic (exact) mass is 206 g/mol. The van der Waals surface area contributed by atoms with Crippen LogP contribution in [-0.2, 0) is 4.79 Å². The smallest absolute Gasteiger partial charge is 0.140 e. The predicted octanol–water partition coefficient (Wildman–Crippen LogP) is 3.17. The van der Waals surface area contributed by atoms with Gasteiger partial charge in [0.15, 0.2) is 0 Å². The zero-order valence-electron chi connectivity index (χ0n) is 9.62. The minimum atomic E-state index is -0.0221. The number of methoxy groups -OCH3 is 1. The predicted molar refractivity (Wildman–Crippen MR) is 61.3 cm³/mol. The molecule has 1 aromatic carbocycles. The molecule has 0 aliphatic carbocycles. The zero-order chi connectivity index (χ0) is 11.3. The summed E-state index contributed by atoms with van der Waals surface area (Å²) < 4.78 is 5.27. The molecule has 0 fully saturated rings. The first kappa shape index (κ1) is 11.8. The Morgan fingerprint density at radius 1 is 1.33 bits per heavy atom. The first-order chi connectivity index (χ1) is 7.24. The third kappa shape index (κ3) is 2.58. The molecule has 1 aromatic rings. The Morgan fingerprint density at radius 2 is 2.00 bits per heavy atom. The number of ether oxygens (including phenoxy) is 1. The van der Waals surface area contributed by atoms with Crippen LogP contribution >= 0.6 is 0 Å². The highest BCUT2D eigenvalue weighted by atomic mass is 16.5. The number of Topliss-reactive ketones (excluding diaryl/α,β-unsaturated/α-hetero) is 1. The first-order valence-electron chi connectivity index (χ1n) is 5.40. The normalized spacial score (nSPS) is 12.2. The number of carbonyl (C=O) groups excluding carboxylic acids is 1. The highest BCUT2D eigenvalue weighted by molar-refractivity contribution is 5.86. The molecule has 0 saturated carbocycles. The molecule has 1 atom stereocenters. The van der Waals surface area contributed by atoms with Gasteiger partial charge in [0.1, 0.15) is 11.5 Å². The Hall–Kier alpha value is -1.31. The van der Waals surface area contributed by atoms with Crippen molar-refractivity contribution in [3.05, 3.63) is 29.8 Å². The number of rotatable bonds is 5. The lowest BCUT2D eigenvalue weighted by Crippen LogP contribution is -2.11. The van der Waals surface area contributed by atoms with Crippen LogP contribution in [-0.4, -0.2) is 12.9 Å². The Morgan fingerprint density at radius 3 is 2.53 bits per heavy atom. The molecule has 2 heteroatoms. The Bertz CT molecular complexity index is 331. The maximum atomic E-state index is 11.8. The van der Waals surface area contributed by atoms with Crippen LogP contribution in [0.15, 0.2) is 24.3 Å². The van der Waals surface area contributed by atoms with Crippen molar-refractivity contribution in [1.82, 2.24) is 0 Å². The molecule has 0 aromatic heterocycles. The fourth-order valence-corrected chi connectivity index (χ4v) is 1.82. The lowest BCUT2D eigenvalue weighted by Gasteiger charge is -2.16. The van der Waals surface area contributed by atoms with Crippen LogP contribution < -0.4 is 4.74 Å². The Labute approximate surface area is 91.3 Å². The van der Waals surface area contributed by atoms with E-state index in [-0.39, 0.29) is 11.7 Å². The molecule has 0 spiro atoms. The van der Waals surface area contributed by atoms with Crippen molar-refractivity contribution in [2.45, 2.75) is 32.6 Å². The Balaban J connectivity index is 3.05. The minimum Gasteiger partial charge on any atom is -0.496 e. The summed E-state index contributed by atoms with van der Waals surface area (Å²) in [5, 5.41) is 0. The summed E-state index contributed by atoms with van der Waals surface area (Å²) in [5.41, 5.74) is 1.01. The van der Waals surface area contributed by atoms with E-state index in [0.29, 0.717) is 6.42 Å². The molecule has 82 valence electrons. The molecule has 0 saturated heterocycles. The van der Waals surface area contributed by atoms with Crippen molar-refractivity contribution in [2.24, 2.45) is 0 Å². The molecule has 1 rings (SSSR count). The number of benzene rings is 1. The van der Waals surface area contributed by atoms with E-state index in [1.807, 2.05) is 38.1 Å². The summed E-state index contributed by atoms with van der Waals surface area (Å²) in [6, 6.07) is 7.75. The number of hydrogen-bond donors (Lipinski definition) is 0. The van der Waals surface area contributed by atoms with Gasteiger partial charge in [0.05, 0.1) is 7.11 Å². The first-order valence-corrected chi connectivity index (χ1v) is 5.40. The van der Waals surface area contributed by atoms with E-state index in [9.17, 15) is 4.79 Å². The number of ketones is 1. The molecule has 2 nitrogen and oxygen atoms in total. The van der Waals surface area contributed by atoms with Gasteiger partial charge in [-0.15, -0.1) is 0 Å². The maximum Gasteiger partial charge on any atom is 0.140 e. The van der Waals surface area contributed by atoms with E-state index in [1.165, 1.54) is 0 Å². The van der Waals surface area contributed by atoms with Crippen molar-refractivity contribution < 1.29 is 9.53 Å². The molecule has 0 amide bonds. The van der Waals surface area contributed by atoms with Crippen molar-refractivity contribution in [2.75, 3.05) is 7.11 Å². The molecule has 0 heterocycles. The molecular formula is C13H18O2. The second kappa shape index (κ2) is 5.54. The fraction of sp³-hybridized carbons (Fsp3) is 0.462. The third-order valence-corrected chi connectivity index (χ3v) is 2.66.